The standard InChI is InChI=1S/C19H29ClN2O4/c1-25-12-15-6-3-7-22(15)18-16(26-17(11-23)19(18)24)10-21-9-13-4-2-5-14(20)8-13/h2,4-5,8,15-19,21,23-24H,3,6-7,9-12H2,1H3. The third-order valence-corrected chi connectivity index (χ3v) is 5.60. The first-order valence-electron chi connectivity index (χ1n) is 9.28. The molecule has 0 spiro atoms. The van der Waals surface area contributed by atoms with Gasteiger partial charge in [-0.1, -0.05) is 23.7 Å². The lowest BCUT2D eigenvalue weighted by Crippen LogP contribution is -2.53. The van der Waals surface area contributed by atoms with Gasteiger partial charge in [0, 0.05) is 31.3 Å². The van der Waals surface area contributed by atoms with Crippen LogP contribution in [0, 0.1) is 0 Å². The molecule has 2 aliphatic rings. The topological polar surface area (TPSA) is 74.2 Å². The Bertz CT molecular complexity index is 576. The monoisotopic (exact) mass is 384 g/mol. The highest BCUT2D eigenvalue weighted by atomic mass is 35.5. The van der Waals surface area contributed by atoms with Crippen LogP contribution in [0.2, 0.25) is 5.02 Å². The fourth-order valence-electron chi connectivity index (χ4n) is 4.18. The lowest BCUT2D eigenvalue weighted by atomic mass is 10.0. The number of likely N-dealkylation sites (tertiary alicyclic amines) is 1. The molecule has 3 N–H and O–H groups in total. The summed E-state index contributed by atoms with van der Waals surface area (Å²) in [6, 6.07) is 7.89. The van der Waals surface area contributed by atoms with Crippen LogP contribution in [0.1, 0.15) is 18.4 Å². The van der Waals surface area contributed by atoms with E-state index in [1.807, 2.05) is 24.3 Å². The quantitative estimate of drug-likeness (QED) is 0.621. The predicted molar refractivity (Wildman–Crippen MR) is 100 cm³/mol. The van der Waals surface area contributed by atoms with E-state index in [0.29, 0.717) is 19.7 Å². The van der Waals surface area contributed by atoms with Crippen molar-refractivity contribution in [3.8, 4) is 0 Å². The van der Waals surface area contributed by atoms with Gasteiger partial charge in [0.25, 0.3) is 0 Å². The summed E-state index contributed by atoms with van der Waals surface area (Å²) in [7, 11) is 1.71. The summed E-state index contributed by atoms with van der Waals surface area (Å²) in [5.41, 5.74) is 1.10. The maximum absolute atomic E-state index is 10.7. The van der Waals surface area contributed by atoms with Gasteiger partial charge >= 0.3 is 0 Å². The van der Waals surface area contributed by atoms with Crippen LogP contribution in [0.15, 0.2) is 24.3 Å². The van der Waals surface area contributed by atoms with E-state index in [2.05, 4.69) is 10.2 Å². The summed E-state index contributed by atoms with van der Waals surface area (Å²) < 4.78 is 11.3. The second-order valence-electron chi connectivity index (χ2n) is 7.13. The van der Waals surface area contributed by atoms with Crippen molar-refractivity contribution >= 4 is 11.6 Å². The molecule has 3 rings (SSSR count). The molecular weight excluding hydrogens is 356 g/mol. The number of halogens is 1. The van der Waals surface area contributed by atoms with Crippen molar-refractivity contribution < 1.29 is 19.7 Å². The van der Waals surface area contributed by atoms with Crippen molar-refractivity contribution in [1.29, 1.82) is 0 Å². The molecule has 5 atom stereocenters. The highest BCUT2D eigenvalue weighted by Gasteiger charge is 2.48. The molecule has 0 amide bonds. The van der Waals surface area contributed by atoms with E-state index in [1.54, 1.807) is 7.11 Å². The smallest absolute Gasteiger partial charge is 0.109 e. The Morgan fingerprint density at radius 2 is 2.23 bits per heavy atom. The minimum absolute atomic E-state index is 0.137. The van der Waals surface area contributed by atoms with Crippen LogP contribution >= 0.6 is 11.6 Å². The van der Waals surface area contributed by atoms with E-state index in [-0.39, 0.29) is 24.8 Å². The average Bonchev–Trinajstić information content (AvgIpc) is 3.19. The number of aliphatic hydroxyl groups is 2. The largest absolute Gasteiger partial charge is 0.394 e. The normalized spacial score (nSPS) is 32.4. The molecule has 2 saturated heterocycles. The van der Waals surface area contributed by atoms with E-state index in [4.69, 9.17) is 21.1 Å². The van der Waals surface area contributed by atoms with E-state index in [1.165, 1.54) is 0 Å². The van der Waals surface area contributed by atoms with E-state index < -0.39 is 12.2 Å². The van der Waals surface area contributed by atoms with E-state index in [0.717, 1.165) is 30.0 Å². The van der Waals surface area contributed by atoms with Gasteiger partial charge in [0.2, 0.25) is 0 Å². The molecule has 0 bridgehead atoms. The average molecular weight is 385 g/mol. The number of nitrogens with zero attached hydrogens (tertiary/aromatic N) is 1. The van der Waals surface area contributed by atoms with Crippen LogP contribution in [0.5, 0.6) is 0 Å². The maximum Gasteiger partial charge on any atom is 0.109 e. The molecule has 146 valence electrons. The van der Waals surface area contributed by atoms with Crippen molar-refractivity contribution in [2.45, 2.75) is 49.8 Å². The van der Waals surface area contributed by atoms with Gasteiger partial charge in [0.05, 0.1) is 25.4 Å². The number of nitrogens with one attached hydrogen (secondary N) is 1. The molecule has 2 fully saturated rings. The summed E-state index contributed by atoms with van der Waals surface area (Å²) in [5.74, 6) is 0. The van der Waals surface area contributed by atoms with E-state index >= 15 is 0 Å². The zero-order valence-corrected chi connectivity index (χ0v) is 15.9. The van der Waals surface area contributed by atoms with Crippen LogP contribution in [-0.4, -0.2) is 78.9 Å². The van der Waals surface area contributed by atoms with Crippen LogP contribution in [0.3, 0.4) is 0 Å². The molecule has 6 nitrogen and oxygen atoms in total. The second kappa shape index (κ2) is 9.46. The lowest BCUT2D eigenvalue weighted by molar-refractivity contribution is -0.0213. The lowest BCUT2D eigenvalue weighted by Gasteiger charge is -2.34. The van der Waals surface area contributed by atoms with Crippen LogP contribution in [0.4, 0.5) is 0 Å². The number of rotatable bonds is 8. The second-order valence-corrected chi connectivity index (χ2v) is 7.56. The Kier molecular flexibility index (Phi) is 7.28. The fourth-order valence-corrected chi connectivity index (χ4v) is 4.40. The van der Waals surface area contributed by atoms with E-state index in [9.17, 15) is 10.2 Å². The number of ether oxygens (including phenoxy) is 2. The Labute approximate surface area is 160 Å². The molecule has 7 heteroatoms. The highest BCUT2D eigenvalue weighted by Crippen LogP contribution is 2.31. The van der Waals surface area contributed by atoms with Crippen LogP contribution < -0.4 is 5.32 Å². The molecule has 26 heavy (non-hydrogen) atoms. The van der Waals surface area contributed by atoms with Crippen molar-refractivity contribution in [3.63, 3.8) is 0 Å². The minimum Gasteiger partial charge on any atom is -0.394 e. The molecule has 2 aliphatic heterocycles. The Morgan fingerprint density at radius 1 is 1.38 bits per heavy atom. The molecule has 0 aliphatic carbocycles. The minimum atomic E-state index is -0.699. The first kappa shape index (κ1) is 20.0. The number of hydrogen-bond acceptors (Lipinski definition) is 6. The molecule has 1 aromatic rings. The Hall–Kier alpha value is -0.730. The molecule has 1 aromatic carbocycles. The van der Waals surface area contributed by atoms with Gasteiger partial charge in [-0.3, -0.25) is 4.90 Å². The summed E-state index contributed by atoms with van der Waals surface area (Å²) in [4.78, 5) is 2.30. The van der Waals surface area contributed by atoms with Crippen molar-refractivity contribution in [3.05, 3.63) is 34.9 Å². The summed E-state index contributed by atoms with van der Waals surface area (Å²) in [6.45, 7) is 2.67. The van der Waals surface area contributed by atoms with Crippen LogP contribution in [0.25, 0.3) is 0 Å². The highest BCUT2D eigenvalue weighted by molar-refractivity contribution is 6.30. The summed E-state index contributed by atoms with van der Waals surface area (Å²) in [5, 5.41) is 24.4. The first-order valence-corrected chi connectivity index (χ1v) is 9.66. The van der Waals surface area contributed by atoms with Gasteiger partial charge in [0.1, 0.15) is 12.2 Å². The number of aliphatic hydroxyl groups excluding tert-OH is 2. The summed E-state index contributed by atoms with van der Waals surface area (Å²) in [6.07, 6.45) is 0.726. The third-order valence-electron chi connectivity index (χ3n) is 5.37. The maximum atomic E-state index is 10.7. The van der Waals surface area contributed by atoms with Gasteiger partial charge in [-0.05, 0) is 37.1 Å². The molecule has 5 unspecified atom stereocenters. The van der Waals surface area contributed by atoms with Gasteiger partial charge in [-0.25, -0.2) is 0 Å². The van der Waals surface area contributed by atoms with Gasteiger partial charge in [-0.2, -0.15) is 0 Å². The molecule has 0 radical (unpaired) electrons. The van der Waals surface area contributed by atoms with Gasteiger partial charge < -0.3 is 25.0 Å². The predicted octanol–water partition coefficient (Wildman–Crippen LogP) is 1.03. The third kappa shape index (κ3) is 4.57. The number of methoxy groups -OCH3 is 1. The molecule has 2 heterocycles. The number of benzene rings is 1. The van der Waals surface area contributed by atoms with Crippen molar-refractivity contribution in [2.24, 2.45) is 0 Å². The number of hydrogen-bond donors (Lipinski definition) is 3. The Morgan fingerprint density at radius 3 is 2.96 bits per heavy atom. The Balaban J connectivity index is 1.63. The van der Waals surface area contributed by atoms with Gasteiger partial charge in [-0.15, -0.1) is 0 Å². The van der Waals surface area contributed by atoms with Crippen LogP contribution in [-0.2, 0) is 16.0 Å². The first-order chi connectivity index (χ1) is 12.6. The van der Waals surface area contributed by atoms with Crippen molar-refractivity contribution in [1.82, 2.24) is 10.2 Å². The SMILES string of the molecule is COCC1CCCN1C1C(CNCc2cccc(Cl)c2)OC(CO)C1O. The molecular formula is C19H29ClN2O4. The van der Waals surface area contributed by atoms with Gasteiger partial charge in [0.15, 0.2) is 0 Å². The molecule has 0 aromatic heterocycles. The zero-order chi connectivity index (χ0) is 18.5. The summed E-state index contributed by atoms with van der Waals surface area (Å²) >= 11 is 6.03. The zero-order valence-electron chi connectivity index (χ0n) is 15.2. The van der Waals surface area contributed by atoms with Crippen molar-refractivity contribution in [2.75, 3.05) is 33.4 Å². The fraction of sp³-hybridized carbons (Fsp3) is 0.684. The molecule has 0 saturated carbocycles.